The van der Waals surface area contributed by atoms with Crippen molar-refractivity contribution in [3.8, 4) is 6.07 Å². The molecule has 0 aliphatic carbocycles. The van der Waals surface area contributed by atoms with Crippen LogP contribution < -0.4 is 5.32 Å². The molecule has 1 N–H and O–H groups in total. The van der Waals surface area contributed by atoms with Crippen LogP contribution in [0.5, 0.6) is 0 Å². The number of hydrogen-bond donors (Lipinski definition) is 1. The Hall–Kier alpha value is -1.28. The van der Waals surface area contributed by atoms with Crippen molar-refractivity contribution in [1.29, 1.82) is 5.26 Å². The van der Waals surface area contributed by atoms with Gasteiger partial charge in [-0.05, 0) is 6.42 Å². The van der Waals surface area contributed by atoms with Crippen LogP contribution in [-0.4, -0.2) is 43.8 Å². The van der Waals surface area contributed by atoms with Crippen molar-refractivity contribution in [1.82, 2.24) is 10.2 Å². The van der Waals surface area contributed by atoms with Crippen LogP contribution in [-0.2, 0) is 4.74 Å². The van der Waals surface area contributed by atoms with Crippen LogP contribution in [0.1, 0.15) is 12.8 Å². The summed E-state index contributed by atoms with van der Waals surface area (Å²) < 4.78 is 5.13. The van der Waals surface area contributed by atoms with Crippen LogP contribution in [0.2, 0.25) is 0 Å². The van der Waals surface area contributed by atoms with Gasteiger partial charge in [0.05, 0.1) is 19.3 Å². The molecule has 5 heteroatoms. The third kappa shape index (κ3) is 3.62. The second-order valence-corrected chi connectivity index (χ2v) is 3.09. The normalized spacial score (nSPS) is 16.1. The summed E-state index contributed by atoms with van der Waals surface area (Å²) in [6.45, 7) is 3.12. The Morgan fingerprint density at radius 1 is 1.50 bits per heavy atom. The average molecular weight is 197 g/mol. The maximum absolute atomic E-state index is 11.4. The molecule has 1 saturated heterocycles. The van der Waals surface area contributed by atoms with Gasteiger partial charge in [0.15, 0.2) is 0 Å². The van der Waals surface area contributed by atoms with Gasteiger partial charge in [-0.3, -0.25) is 0 Å². The third-order valence-corrected chi connectivity index (χ3v) is 2.04. The van der Waals surface area contributed by atoms with E-state index < -0.39 is 0 Å². The zero-order valence-electron chi connectivity index (χ0n) is 8.16. The molecule has 78 valence electrons. The van der Waals surface area contributed by atoms with Crippen LogP contribution in [0.25, 0.3) is 0 Å². The summed E-state index contributed by atoms with van der Waals surface area (Å²) in [4.78, 5) is 13.2. The highest BCUT2D eigenvalue weighted by Crippen LogP contribution is 1.96. The molecule has 1 heterocycles. The molecule has 2 amide bonds. The SMILES string of the molecule is N#CCCCNC(=O)N1CCOCC1. The number of nitrogens with one attached hydrogen (secondary N) is 1. The lowest BCUT2D eigenvalue weighted by molar-refractivity contribution is 0.0532. The van der Waals surface area contributed by atoms with Crippen molar-refractivity contribution in [3.63, 3.8) is 0 Å². The van der Waals surface area contributed by atoms with Crippen molar-refractivity contribution in [2.45, 2.75) is 12.8 Å². The van der Waals surface area contributed by atoms with Crippen LogP contribution >= 0.6 is 0 Å². The third-order valence-electron chi connectivity index (χ3n) is 2.04. The van der Waals surface area contributed by atoms with Gasteiger partial charge in [-0.2, -0.15) is 5.26 Å². The van der Waals surface area contributed by atoms with E-state index in [4.69, 9.17) is 10.00 Å². The molecular formula is C9H15N3O2. The van der Waals surface area contributed by atoms with E-state index >= 15 is 0 Å². The van der Waals surface area contributed by atoms with Gasteiger partial charge >= 0.3 is 6.03 Å². The molecule has 0 spiro atoms. The first kappa shape index (κ1) is 10.8. The minimum Gasteiger partial charge on any atom is -0.378 e. The van der Waals surface area contributed by atoms with E-state index in [1.807, 2.05) is 6.07 Å². The molecule has 0 unspecified atom stereocenters. The Morgan fingerprint density at radius 3 is 2.86 bits per heavy atom. The van der Waals surface area contributed by atoms with Gasteiger partial charge in [0.2, 0.25) is 0 Å². The predicted molar refractivity (Wildman–Crippen MR) is 50.6 cm³/mol. The van der Waals surface area contributed by atoms with Crippen LogP contribution in [0.3, 0.4) is 0 Å². The lowest BCUT2D eigenvalue weighted by atomic mass is 10.3. The number of nitrogens with zero attached hydrogens (tertiary/aromatic N) is 2. The lowest BCUT2D eigenvalue weighted by Crippen LogP contribution is -2.46. The maximum Gasteiger partial charge on any atom is 0.317 e. The van der Waals surface area contributed by atoms with E-state index in [-0.39, 0.29) is 6.03 Å². The summed E-state index contributed by atoms with van der Waals surface area (Å²) in [5.74, 6) is 0. The highest BCUT2D eigenvalue weighted by atomic mass is 16.5. The second-order valence-electron chi connectivity index (χ2n) is 3.09. The maximum atomic E-state index is 11.4. The van der Waals surface area contributed by atoms with Crippen LogP contribution in [0.15, 0.2) is 0 Å². The fraction of sp³-hybridized carbons (Fsp3) is 0.778. The van der Waals surface area contributed by atoms with Gasteiger partial charge in [0, 0.05) is 26.1 Å². The molecule has 5 nitrogen and oxygen atoms in total. The molecular weight excluding hydrogens is 182 g/mol. The molecule has 0 bridgehead atoms. The molecule has 0 atom stereocenters. The Bertz CT molecular complexity index is 219. The zero-order chi connectivity index (χ0) is 10.2. The van der Waals surface area contributed by atoms with E-state index in [1.165, 1.54) is 0 Å². The predicted octanol–water partition coefficient (Wildman–Crippen LogP) is 0.332. The standard InChI is InChI=1S/C9H15N3O2/c10-3-1-2-4-11-9(13)12-5-7-14-8-6-12/h1-2,4-8H2,(H,11,13). The van der Waals surface area contributed by atoms with Crippen LogP contribution in [0.4, 0.5) is 4.79 Å². The molecule has 14 heavy (non-hydrogen) atoms. The Kier molecular flexibility index (Phi) is 4.79. The number of morpholine rings is 1. The van der Waals surface area contributed by atoms with Gasteiger partial charge in [-0.15, -0.1) is 0 Å². The largest absolute Gasteiger partial charge is 0.378 e. The molecule has 0 aromatic carbocycles. The highest BCUT2D eigenvalue weighted by Gasteiger charge is 2.15. The van der Waals surface area contributed by atoms with Crippen molar-refractivity contribution >= 4 is 6.03 Å². The number of amides is 2. The monoisotopic (exact) mass is 197 g/mol. The first-order chi connectivity index (χ1) is 6.84. The number of carbonyl (C=O) groups excluding carboxylic acids is 1. The average Bonchev–Trinajstić information content (AvgIpc) is 2.25. The van der Waals surface area contributed by atoms with Gasteiger partial charge < -0.3 is 15.0 Å². The fourth-order valence-electron chi connectivity index (χ4n) is 1.24. The van der Waals surface area contributed by atoms with Gasteiger partial charge in [-0.25, -0.2) is 4.79 Å². The zero-order valence-corrected chi connectivity index (χ0v) is 8.16. The molecule has 0 saturated carbocycles. The number of urea groups is 1. The summed E-state index contributed by atoms with van der Waals surface area (Å²) in [6, 6.07) is 1.99. The van der Waals surface area contributed by atoms with Gasteiger partial charge in [0.25, 0.3) is 0 Å². The van der Waals surface area contributed by atoms with E-state index in [0.29, 0.717) is 45.7 Å². The smallest absolute Gasteiger partial charge is 0.317 e. The molecule has 1 fully saturated rings. The number of carbonyl (C=O) groups is 1. The lowest BCUT2D eigenvalue weighted by Gasteiger charge is -2.26. The quantitative estimate of drug-likeness (QED) is 0.663. The summed E-state index contributed by atoms with van der Waals surface area (Å²) in [7, 11) is 0. The van der Waals surface area contributed by atoms with Crippen molar-refractivity contribution in [2.75, 3.05) is 32.8 Å². The second kappa shape index (κ2) is 6.22. The summed E-state index contributed by atoms with van der Waals surface area (Å²) >= 11 is 0. The molecule has 1 aliphatic heterocycles. The minimum atomic E-state index is -0.0498. The first-order valence-corrected chi connectivity index (χ1v) is 4.82. The van der Waals surface area contributed by atoms with Crippen LogP contribution in [0, 0.1) is 11.3 Å². The molecule has 1 rings (SSSR count). The number of nitriles is 1. The van der Waals surface area contributed by atoms with Crippen molar-refractivity contribution in [3.05, 3.63) is 0 Å². The van der Waals surface area contributed by atoms with Gasteiger partial charge in [0.1, 0.15) is 0 Å². The molecule has 0 aromatic rings. The Balaban J connectivity index is 2.11. The van der Waals surface area contributed by atoms with E-state index in [0.717, 1.165) is 0 Å². The fourth-order valence-corrected chi connectivity index (χ4v) is 1.24. The topological polar surface area (TPSA) is 65.4 Å². The first-order valence-electron chi connectivity index (χ1n) is 4.82. The van der Waals surface area contributed by atoms with E-state index in [2.05, 4.69) is 5.32 Å². The number of rotatable bonds is 3. The number of hydrogen-bond acceptors (Lipinski definition) is 3. The number of ether oxygens (including phenoxy) is 1. The van der Waals surface area contributed by atoms with Crippen molar-refractivity contribution in [2.24, 2.45) is 0 Å². The van der Waals surface area contributed by atoms with E-state index in [9.17, 15) is 4.79 Å². The van der Waals surface area contributed by atoms with Gasteiger partial charge in [-0.1, -0.05) is 0 Å². The molecule has 1 aliphatic rings. The summed E-state index contributed by atoms with van der Waals surface area (Å²) in [5, 5.41) is 11.1. The number of unbranched alkanes of at least 4 members (excludes halogenated alkanes) is 1. The summed E-state index contributed by atoms with van der Waals surface area (Å²) in [6.07, 6.45) is 1.20. The Morgan fingerprint density at radius 2 is 2.21 bits per heavy atom. The molecule has 0 radical (unpaired) electrons. The van der Waals surface area contributed by atoms with Crippen molar-refractivity contribution < 1.29 is 9.53 Å². The summed E-state index contributed by atoms with van der Waals surface area (Å²) in [5.41, 5.74) is 0. The van der Waals surface area contributed by atoms with E-state index in [1.54, 1.807) is 4.90 Å². The minimum absolute atomic E-state index is 0.0498. The molecule has 0 aromatic heterocycles. The highest BCUT2D eigenvalue weighted by molar-refractivity contribution is 5.74. The Labute approximate surface area is 83.6 Å².